The third kappa shape index (κ3) is 3.31. The van der Waals surface area contributed by atoms with Crippen LogP contribution in [0.2, 0.25) is 0 Å². The van der Waals surface area contributed by atoms with Crippen LogP contribution in [-0.4, -0.2) is 24.8 Å². The molecule has 0 amide bonds. The predicted octanol–water partition coefficient (Wildman–Crippen LogP) is 1.33. The molecule has 0 spiro atoms. The van der Waals surface area contributed by atoms with Gasteiger partial charge in [0, 0.05) is 0 Å². The van der Waals surface area contributed by atoms with Crippen LogP contribution >= 0.6 is 0 Å². The number of carbonyl (C=O) groups excluding carboxylic acids is 2. The minimum absolute atomic E-state index is 0.0483. The molecule has 0 aromatic carbocycles. The summed E-state index contributed by atoms with van der Waals surface area (Å²) in [5, 5.41) is 0. The Labute approximate surface area is 74.4 Å². The Morgan fingerprint density at radius 3 is 2.31 bits per heavy atom. The molecule has 0 fully saturated rings. The Morgan fingerprint density at radius 1 is 1.46 bits per heavy atom. The summed E-state index contributed by atoms with van der Waals surface area (Å²) < 4.78 is 28.1. The van der Waals surface area contributed by atoms with Crippen molar-refractivity contribution < 1.29 is 23.1 Å². The molecule has 13 heavy (non-hydrogen) atoms. The number of hydrogen-bond donors (Lipinski definition) is 0. The highest BCUT2D eigenvalue weighted by atomic mass is 19.3. The molecule has 0 aliphatic heterocycles. The van der Waals surface area contributed by atoms with Crippen LogP contribution < -0.4 is 0 Å². The van der Waals surface area contributed by atoms with Crippen molar-refractivity contribution in [2.24, 2.45) is 0 Å². The Kier molecular flexibility index (Phi) is 4.87. The Balaban J connectivity index is 4.54. The van der Waals surface area contributed by atoms with E-state index >= 15 is 0 Å². The number of esters is 1. The minimum Gasteiger partial charge on any atom is -0.462 e. The van der Waals surface area contributed by atoms with Crippen LogP contribution in [0.5, 0.6) is 0 Å². The number of ether oxygens (including phenoxy) is 1. The maximum Gasteiger partial charge on any atom is 0.341 e. The molecule has 0 unspecified atom stereocenters. The SMILES string of the molecule is CC=C(C(=O)OCC)C(=O)C(F)F. The Morgan fingerprint density at radius 2 is 2.00 bits per heavy atom. The monoisotopic (exact) mass is 192 g/mol. The number of hydrogen-bond acceptors (Lipinski definition) is 3. The average Bonchev–Trinajstić information content (AvgIpc) is 2.05. The zero-order valence-electron chi connectivity index (χ0n) is 7.34. The fourth-order valence-corrected chi connectivity index (χ4v) is 0.687. The zero-order valence-corrected chi connectivity index (χ0v) is 7.34. The van der Waals surface area contributed by atoms with E-state index in [0.717, 1.165) is 6.08 Å². The Hall–Kier alpha value is -1.26. The predicted molar refractivity (Wildman–Crippen MR) is 41.4 cm³/mol. The molecule has 0 heterocycles. The molecular formula is C8H10F2O3. The summed E-state index contributed by atoms with van der Waals surface area (Å²) >= 11 is 0. The van der Waals surface area contributed by atoms with Crippen LogP contribution in [0.1, 0.15) is 13.8 Å². The van der Waals surface area contributed by atoms with Gasteiger partial charge in [-0.15, -0.1) is 0 Å². The Bertz CT molecular complexity index is 234. The summed E-state index contributed by atoms with van der Waals surface area (Å²) in [6, 6.07) is 0. The van der Waals surface area contributed by atoms with Crippen molar-refractivity contribution in [3.05, 3.63) is 11.6 Å². The second-order valence-corrected chi connectivity index (χ2v) is 2.09. The van der Waals surface area contributed by atoms with Crippen LogP contribution in [0, 0.1) is 0 Å². The first-order valence-corrected chi connectivity index (χ1v) is 3.70. The van der Waals surface area contributed by atoms with Crippen molar-refractivity contribution in [3.8, 4) is 0 Å². The van der Waals surface area contributed by atoms with Gasteiger partial charge in [-0.3, -0.25) is 4.79 Å². The molecule has 0 aliphatic rings. The van der Waals surface area contributed by atoms with E-state index in [0.29, 0.717) is 0 Å². The zero-order chi connectivity index (χ0) is 10.4. The largest absolute Gasteiger partial charge is 0.462 e. The molecular weight excluding hydrogens is 182 g/mol. The van der Waals surface area contributed by atoms with Gasteiger partial charge in [-0.05, 0) is 13.8 Å². The van der Waals surface area contributed by atoms with E-state index in [2.05, 4.69) is 4.74 Å². The van der Waals surface area contributed by atoms with Crippen molar-refractivity contribution in [2.45, 2.75) is 20.3 Å². The molecule has 0 radical (unpaired) electrons. The molecule has 0 saturated carbocycles. The van der Waals surface area contributed by atoms with E-state index in [1.54, 1.807) is 0 Å². The number of rotatable bonds is 4. The lowest BCUT2D eigenvalue weighted by Gasteiger charge is -2.03. The third-order valence-electron chi connectivity index (χ3n) is 1.25. The summed E-state index contributed by atoms with van der Waals surface area (Å²) in [4.78, 5) is 21.5. The highest BCUT2D eigenvalue weighted by molar-refractivity contribution is 6.18. The molecule has 5 heteroatoms. The molecule has 0 aromatic rings. The lowest BCUT2D eigenvalue weighted by Crippen LogP contribution is -2.21. The van der Waals surface area contributed by atoms with Crippen molar-refractivity contribution in [1.82, 2.24) is 0 Å². The third-order valence-corrected chi connectivity index (χ3v) is 1.25. The van der Waals surface area contributed by atoms with Gasteiger partial charge in [0.1, 0.15) is 5.57 Å². The standard InChI is InChI=1S/C8H10F2O3/c1-3-5(6(11)7(9)10)8(12)13-4-2/h3,7H,4H2,1-2H3. The smallest absolute Gasteiger partial charge is 0.341 e. The van der Waals surface area contributed by atoms with E-state index in [1.807, 2.05) is 0 Å². The first-order chi connectivity index (χ1) is 6.04. The lowest BCUT2D eigenvalue weighted by molar-refractivity contribution is -0.141. The lowest BCUT2D eigenvalue weighted by atomic mass is 10.1. The van der Waals surface area contributed by atoms with Crippen LogP contribution in [0.4, 0.5) is 8.78 Å². The first kappa shape index (κ1) is 11.7. The van der Waals surface area contributed by atoms with Crippen molar-refractivity contribution >= 4 is 11.8 Å². The second kappa shape index (κ2) is 5.40. The van der Waals surface area contributed by atoms with Gasteiger partial charge in [-0.1, -0.05) is 6.08 Å². The normalized spacial score (nSPS) is 11.6. The van der Waals surface area contributed by atoms with E-state index in [1.165, 1.54) is 13.8 Å². The molecule has 0 aliphatic carbocycles. The van der Waals surface area contributed by atoms with Crippen LogP contribution in [0.15, 0.2) is 11.6 Å². The second-order valence-electron chi connectivity index (χ2n) is 2.09. The van der Waals surface area contributed by atoms with Gasteiger partial charge in [-0.2, -0.15) is 0 Å². The number of alkyl halides is 2. The molecule has 0 bridgehead atoms. The summed E-state index contributed by atoms with van der Waals surface area (Å²) in [5.41, 5.74) is -0.600. The number of allylic oxidation sites excluding steroid dienone is 1. The van der Waals surface area contributed by atoms with E-state index in [9.17, 15) is 18.4 Å². The van der Waals surface area contributed by atoms with Gasteiger partial charge in [-0.25, -0.2) is 13.6 Å². The maximum absolute atomic E-state index is 11.9. The maximum atomic E-state index is 11.9. The quantitative estimate of drug-likeness (QED) is 0.292. The molecule has 74 valence electrons. The van der Waals surface area contributed by atoms with Crippen LogP contribution in [0.25, 0.3) is 0 Å². The topological polar surface area (TPSA) is 43.4 Å². The van der Waals surface area contributed by atoms with Gasteiger partial charge < -0.3 is 4.74 Å². The van der Waals surface area contributed by atoms with Crippen molar-refractivity contribution in [2.75, 3.05) is 6.61 Å². The van der Waals surface area contributed by atoms with Gasteiger partial charge in [0.05, 0.1) is 6.61 Å². The average molecular weight is 192 g/mol. The van der Waals surface area contributed by atoms with Crippen LogP contribution in [-0.2, 0) is 14.3 Å². The van der Waals surface area contributed by atoms with E-state index < -0.39 is 23.8 Å². The van der Waals surface area contributed by atoms with Crippen LogP contribution in [0.3, 0.4) is 0 Å². The number of Topliss-reactive ketones (excluding diaryl/α,β-unsaturated/α-hetero) is 1. The summed E-state index contributed by atoms with van der Waals surface area (Å²) in [5.74, 6) is -2.50. The highest BCUT2D eigenvalue weighted by Gasteiger charge is 2.25. The van der Waals surface area contributed by atoms with E-state index in [-0.39, 0.29) is 6.61 Å². The van der Waals surface area contributed by atoms with Gasteiger partial charge >= 0.3 is 12.4 Å². The molecule has 0 N–H and O–H groups in total. The van der Waals surface area contributed by atoms with Crippen molar-refractivity contribution in [3.63, 3.8) is 0 Å². The minimum atomic E-state index is -3.17. The molecule has 3 nitrogen and oxygen atoms in total. The number of carbonyl (C=O) groups is 2. The number of halogens is 2. The molecule has 0 aromatic heterocycles. The first-order valence-electron chi connectivity index (χ1n) is 3.70. The number of ketones is 1. The fourth-order valence-electron chi connectivity index (χ4n) is 0.687. The van der Waals surface area contributed by atoms with Crippen molar-refractivity contribution in [1.29, 1.82) is 0 Å². The molecule has 0 atom stereocenters. The molecule has 0 saturated heterocycles. The summed E-state index contributed by atoms with van der Waals surface area (Å²) in [7, 11) is 0. The fraction of sp³-hybridized carbons (Fsp3) is 0.500. The van der Waals surface area contributed by atoms with Gasteiger partial charge in [0.2, 0.25) is 5.78 Å². The highest BCUT2D eigenvalue weighted by Crippen LogP contribution is 2.07. The van der Waals surface area contributed by atoms with Gasteiger partial charge in [0.15, 0.2) is 0 Å². The van der Waals surface area contributed by atoms with E-state index in [4.69, 9.17) is 0 Å². The van der Waals surface area contributed by atoms with Gasteiger partial charge in [0.25, 0.3) is 0 Å². The molecule has 0 rings (SSSR count). The summed E-state index contributed by atoms with van der Waals surface area (Å²) in [6.07, 6.45) is -2.15. The summed E-state index contributed by atoms with van der Waals surface area (Å²) in [6.45, 7) is 2.90.